The second kappa shape index (κ2) is 8.94. The van der Waals surface area contributed by atoms with Gasteiger partial charge in [0.1, 0.15) is 0 Å². The molecular weight excluding hydrogens is 212 g/mol. The average molecular weight is 234 g/mol. The van der Waals surface area contributed by atoms with Crippen LogP contribution < -0.4 is 0 Å². The van der Waals surface area contributed by atoms with Crippen LogP contribution in [-0.4, -0.2) is 19.5 Å². The number of rotatable bonds is 9. The van der Waals surface area contributed by atoms with E-state index in [1.54, 1.807) is 7.11 Å². The van der Waals surface area contributed by atoms with Gasteiger partial charge in [-0.3, -0.25) is 4.79 Å². The van der Waals surface area contributed by atoms with Crippen molar-refractivity contribution in [3.8, 4) is 0 Å². The summed E-state index contributed by atoms with van der Waals surface area (Å²) in [5.41, 5.74) is 0.840. The van der Waals surface area contributed by atoms with Gasteiger partial charge in [-0.1, -0.05) is 49.6 Å². The van der Waals surface area contributed by atoms with Gasteiger partial charge in [-0.05, 0) is 12.8 Å². The lowest BCUT2D eigenvalue weighted by Crippen LogP contribution is -1.98. The first-order valence-electron chi connectivity index (χ1n) is 6.42. The topological polar surface area (TPSA) is 26.3 Å². The first-order valence-corrected chi connectivity index (χ1v) is 6.42. The molecule has 0 heterocycles. The lowest BCUT2D eigenvalue weighted by molar-refractivity contribution is 0.0979. The molecule has 0 aromatic heterocycles. The molecule has 1 aromatic rings. The third-order valence-electron chi connectivity index (χ3n) is 2.85. The second-order valence-electron chi connectivity index (χ2n) is 4.30. The number of carbonyl (C=O) groups is 1. The van der Waals surface area contributed by atoms with Crippen molar-refractivity contribution in [3.63, 3.8) is 0 Å². The zero-order valence-corrected chi connectivity index (χ0v) is 10.7. The zero-order valence-electron chi connectivity index (χ0n) is 10.7. The van der Waals surface area contributed by atoms with Crippen LogP contribution in [0.3, 0.4) is 0 Å². The molecule has 0 bridgehead atoms. The van der Waals surface area contributed by atoms with Crippen LogP contribution in [0, 0.1) is 0 Å². The van der Waals surface area contributed by atoms with Gasteiger partial charge in [0.2, 0.25) is 0 Å². The van der Waals surface area contributed by atoms with Gasteiger partial charge in [0.05, 0.1) is 0 Å². The summed E-state index contributed by atoms with van der Waals surface area (Å²) >= 11 is 0. The highest BCUT2D eigenvalue weighted by atomic mass is 16.5. The number of unbranched alkanes of at least 4 members (excludes halogenated alkanes) is 4. The maximum atomic E-state index is 11.8. The summed E-state index contributed by atoms with van der Waals surface area (Å²) in [7, 11) is 1.73. The largest absolute Gasteiger partial charge is 0.385 e. The van der Waals surface area contributed by atoms with Gasteiger partial charge in [-0.2, -0.15) is 0 Å². The van der Waals surface area contributed by atoms with E-state index < -0.39 is 0 Å². The SMILES string of the molecule is COCCCCCCCC(=O)c1ccccc1. The Morgan fingerprint density at radius 1 is 1.00 bits per heavy atom. The molecule has 0 aliphatic carbocycles. The molecule has 0 unspecified atom stereocenters. The Bertz CT molecular complexity index is 306. The van der Waals surface area contributed by atoms with Gasteiger partial charge in [-0.25, -0.2) is 0 Å². The fourth-order valence-electron chi connectivity index (χ4n) is 1.83. The minimum Gasteiger partial charge on any atom is -0.385 e. The smallest absolute Gasteiger partial charge is 0.162 e. The molecule has 0 aliphatic rings. The number of carbonyl (C=O) groups excluding carboxylic acids is 1. The van der Waals surface area contributed by atoms with E-state index in [0.717, 1.165) is 31.4 Å². The summed E-state index contributed by atoms with van der Waals surface area (Å²) in [6, 6.07) is 9.55. The normalized spacial score (nSPS) is 10.4. The summed E-state index contributed by atoms with van der Waals surface area (Å²) in [5, 5.41) is 0. The van der Waals surface area contributed by atoms with E-state index in [-0.39, 0.29) is 5.78 Å². The van der Waals surface area contributed by atoms with Crippen molar-refractivity contribution in [3.05, 3.63) is 35.9 Å². The summed E-state index contributed by atoms with van der Waals surface area (Å²) in [6.45, 7) is 0.850. The van der Waals surface area contributed by atoms with Gasteiger partial charge < -0.3 is 4.74 Å². The average Bonchev–Trinajstić information content (AvgIpc) is 2.38. The molecule has 1 rings (SSSR count). The van der Waals surface area contributed by atoms with E-state index in [1.807, 2.05) is 30.3 Å². The maximum Gasteiger partial charge on any atom is 0.162 e. The Kier molecular flexibility index (Phi) is 7.32. The van der Waals surface area contributed by atoms with Gasteiger partial charge in [0.15, 0.2) is 5.78 Å². The first-order chi connectivity index (χ1) is 8.34. The molecule has 2 heteroatoms. The van der Waals surface area contributed by atoms with Crippen molar-refractivity contribution in [2.45, 2.75) is 38.5 Å². The molecule has 0 amide bonds. The Morgan fingerprint density at radius 2 is 1.65 bits per heavy atom. The standard InChI is InChI=1S/C15H22O2/c1-17-13-9-4-2-3-8-12-15(16)14-10-6-5-7-11-14/h5-7,10-11H,2-4,8-9,12-13H2,1H3. The number of methoxy groups -OCH3 is 1. The molecule has 0 spiro atoms. The van der Waals surface area contributed by atoms with Crippen LogP contribution in [0.25, 0.3) is 0 Å². The van der Waals surface area contributed by atoms with E-state index in [0.29, 0.717) is 6.42 Å². The van der Waals surface area contributed by atoms with Crippen LogP contribution in [-0.2, 0) is 4.74 Å². The van der Waals surface area contributed by atoms with E-state index in [2.05, 4.69) is 0 Å². The Balaban J connectivity index is 2.05. The second-order valence-corrected chi connectivity index (χ2v) is 4.30. The number of benzene rings is 1. The van der Waals surface area contributed by atoms with E-state index in [1.165, 1.54) is 12.8 Å². The predicted octanol–water partition coefficient (Wildman–Crippen LogP) is 3.86. The zero-order chi connectivity index (χ0) is 12.3. The molecule has 0 aliphatic heterocycles. The fourth-order valence-corrected chi connectivity index (χ4v) is 1.83. The van der Waals surface area contributed by atoms with Crippen LogP contribution in [0.15, 0.2) is 30.3 Å². The minimum absolute atomic E-state index is 0.266. The van der Waals surface area contributed by atoms with E-state index in [4.69, 9.17) is 4.74 Å². The van der Waals surface area contributed by atoms with Gasteiger partial charge in [-0.15, -0.1) is 0 Å². The van der Waals surface area contributed by atoms with Crippen molar-refractivity contribution >= 4 is 5.78 Å². The molecule has 2 nitrogen and oxygen atoms in total. The van der Waals surface area contributed by atoms with Crippen LogP contribution >= 0.6 is 0 Å². The minimum atomic E-state index is 0.266. The third kappa shape index (κ3) is 6.22. The maximum absolute atomic E-state index is 11.8. The van der Waals surface area contributed by atoms with E-state index >= 15 is 0 Å². The molecule has 0 saturated carbocycles. The Hall–Kier alpha value is -1.15. The number of hydrogen-bond donors (Lipinski definition) is 0. The molecular formula is C15H22O2. The van der Waals surface area contributed by atoms with Gasteiger partial charge in [0.25, 0.3) is 0 Å². The third-order valence-corrected chi connectivity index (χ3v) is 2.85. The number of Topliss-reactive ketones (excluding diaryl/α,β-unsaturated/α-hetero) is 1. The predicted molar refractivity (Wildman–Crippen MR) is 70.4 cm³/mol. The molecule has 0 atom stereocenters. The van der Waals surface area contributed by atoms with Crippen LogP contribution in [0.5, 0.6) is 0 Å². The number of ether oxygens (including phenoxy) is 1. The van der Waals surface area contributed by atoms with Crippen molar-refractivity contribution in [2.24, 2.45) is 0 Å². The van der Waals surface area contributed by atoms with Crippen molar-refractivity contribution < 1.29 is 9.53 Å². The van der Waals surface area contributed by atoms with Crippen LogP contribution in [0.2, 0.25) is 0 Å². The van der Waals surface area contributed by atoms with Crippen molar-refractivity contribution in [1.29, 1.82) is 0 Å². The van der Waals surface area contributed by atoms with Crippen LogP contribution in [0.1, 0.15) is 48.9 Å². The lowest BCUT2D eigenvalue weighted by atomic mass is 10.0. The van der Waals surface area contributed by atoms with Crippen LogP contribution in [0.4, 0.5) is 0 Å². The Labute approximate surface area is 104 Å². The Morgan fingerprint density at radius 3 is 2.35 bits per heavy atom. The molecule has 0 radical (unpaired) electrons. The van der Waals surface area contributed by atoms with Crippen molar-refractivity contribution in [2.75, 3.05) is 13.7 Å². The van der Waals surface area contributed by atoms with Crippen molar-refractivity contribution in [1.82, 2.24) is 0 Å². The molecule has 17 heavy (non-hydrogen) atoms. The van der Waals surface area contributed by atoms with Gasteiger partial charge >= 0.3 is 0 Å². The molecule has 94 valence electrons. The molecule has 1 aromatic carbocycles. The number of hydrogen-bond acceptors (Lipinski definition) is 2. The summed E-state index contributed by atoms with van der Waals surface area (Å²) in [5.74, 6) is 0.266. The number of ketones is 1. The van der Waals surface area contributed by atoms with Gasteiger partial charge in [0, 0.05) is 25.7 Å². The summed E-state index contributed by atoms with van der Waals surface area (Å²) < 4.78 is 4.99. The quantitative estimate of drug-likeness (QED) is 0.479. The summed E-state index contributed by atoms with van der Waals surface area (Å²) in [6.07, 6.45) is 6.35. The first kappa shape index (κ1) is 13.9. The fraction of sp³-hybridized carbons (Fsp3) is 0.533. The summed E-state index contributed by atoms with van der Waals surface area (Å²) in [4.78, 5) is 11.8. The molecule has 0 saturated heterocycles. The highest BCUT2D eigenvalue weighted by Gasteiger charge is 2.03. The monoisotopic (exact) mass is 234 g/mol. The lowest BCUT2D eigenvalue weighted by Gasteiger charge is -2.02. The highest BCUT2D eigenvalue weighted by Crippen LogP contribution is 2.09. The van der Waals surface area contributed by atoms with E-state index in [9.17, 15) is 4.79 Å². The highest BCUT2D eigenvalue weighted by molar-refractivity contribution is 5.95. The molecule has 0 N–H and O–H groups in total. The molecule has 0 fully saturated rings.